The monoisotopic (exact) mass is 482 g/mol. The van der Waals surface area contributed by atoms with Gasteiger partial charge in [0.25, 0.3) is 11.8 Å². The van der Waals surface area contributed by atoms with E-state index < -0.39 is 12.1 Å². The number of amides is 2. The molecule has 0 unspecified atom stereocenters. The molecule has 1 saturated carbocycles. The van der Waals surface area contributed by atoms with E-state index in [9.17, 15) is 9.59 Å². The van der Waals surface area contributed by atoms with Gasteiger partial charge < -0.3 is 28.8 Å². The van der Waals surface area contributed by atoms with Crippen molar-refractivity contribution in [3.05, 3.63) is 47.9 Å². The van der Waals surface area contributed by atoms with Crippen LogP contribution in [-0.4, -0.2) is 54.7 Å². The third kappa shape index (κ3) is 5.48. The summed E-state index contributed by atoms with van der Waals surface area (Å²) in [6, 6.07) is 10.1. The third-order valence-electron chi connectivity index (χ3n) is 7.03. The lowest BCUT2D eigenvalue weighted by molar-refractivity contribution is -0.151. The molecule has 2 amide bonds. The van der Waals surface area contributed by atoms with Crippen molar-refractivity contribution in [1.82, 2.24) is 10.2 Å². The molecule has 5 rings (SSSR count). The highest BCUT2D eigenvalue weighted by Gasteiger charge is 2.41. The van der Waals surface area contributed by atoms with Crippen LogP contribution >= 0.6 is 0 Å². The van der Waals surface area contributed by atoms with Crippen LogP contribution in [0, 0.1) is 6.92 Å². The number of ether oxygens (including phenoxy) is 3. The minimum absolute atomic E-state index is 0.0754. The summed E-state index contributed by atoms with van der Waals surface area (Å²) < 4.78 is 23.7. The van der Waals surface area contributed by atoms with E-state index in [2.05, 4.69) is 5.32 Å². The number of benzene rings is 1. The fourth-order valence-electron chi connectivity index (χ4n) is 5.21. The molecule has 2 aliphatic heterocycles. The maximum absolute atomic E-state index is 14.0. The molecule has 8 nitrogen and oxygen atoms in total. The maximum Gasteiger partial charge on any atom is 0.268 e. The zero-order valence-corrected chi connectivity index (χ0v) is 20.2. The quantitative estimate of drug-likeness (QED) is 0.643. The first-order chi connectivity index (χ1) is 17.1. The lowest BCUT2D eigenvalue weighted by Crippen LogP contribution is -2.54. The van der Waals surface area contributed by atoms with Crippen molar-refractivity contribution in [2.75, 3.05) is 19.8 Å². The second-order valence-electron chi connectivity index (χ2n) is 9.68. The molecule has 1 N–H and O–H groups in total. The summed E-state index contributed by atoms with van der Waals surface area (Å²) in [5.41, 5.74) is 0. The molecule has 188 valence electrons. The predicted molar refractivity (Wildman–Crippen MR) is 128 cm³/mol. The number of fused-ring (bicyclic) bond motifs is 1. The first-order valence-corrected chi connectivity index (χ1v) is 12.8. The summed E-state index contributed by atoms with van der Waals surface area (Å²) in [5, 5.41) is 3.20. The van der Waals surface area contributed by atoms with Crippen LogP contribution < -0.4 is 14.8 Å². The van der Waals surface area contributed by atoms with E-state index in [1.54, 1.807) is 17.0 Å². The molecule has 2 aromatic rings. The van der Waals surface area contributed by atoms with Gasteiger partial charge in [-0.2, -0.15) is 0 Å². The van der Waals surface area contributed by atoms with Crippen LogP contribution in [0.2, 0.25) is 0 Å². The van der Waals surface area contributed by atoms with Gasteiger partial charge in [0.1, 0.15) is 18.1 Å². The fraction of sp³-hybridized carbons (Fsp3) is 0.556. The Bertz CT molecular complexity index is 1020. The van der Waals surface area contributed by atoms with Crippen LogP contribution in [0.25, 0.3) is 0 Å². The average molecular weight is 483 g/mol. The van der Waals surface area contributed by atoms with Gasteiger partial charge in [-0.05, 0) is 56.9 Å². The Hall–Kier alpha value is -3.00. The zero-order valence-electron chi connectivity index (χ0n) is 20.2. The van der Waals surface area contributed by atoms with Gasteiger partial charge in [-0.3, -0.25) is 9.59 Å². The zero-order chi connectivity index (χ0) is 24.2. The number of furan rings is 1. The number of hydrogen-bond acceptors (Lipinski definition) is 6. The Morgan fingerprint density at radius 2 is 1.83 bits per heavy atom. The Kier molecular flexibility index (Phi) is 7.27. The number of nitrogens with one attached hydrogen (secondary N) is 1. The largest absolute Gasteiger partial charge is 0.485 e. The molecule has 1 saturated heterocycles. The van der Waals surface area contributed by atoms with Crippen LogP contribution in [0.5, 0.6) is 11.5 Å². The normalized spacial score (nSPS) is 23.0. The van der Waals surface area contributed by atoms with Gasteiger partial charge in [0, 0.05) is 19.2 Å². The molecule has 3 aliphatic rings. The SMILES string of the molecule is Cc1ccc([C@H](C(=O)NC2CCCCC2)N(C[C@@H]2CCCO2)C(=O)[C@@H]2COc3ccccc3O2)o1. The van der Waals surface area contributed by atoms with Crippen molar-refractivity contribution < 1.29 is 28.2 Å². The van der Waals surface area contributed by atoms with Crippen molar-refractivity contribution in [2.24, 2.45) is 0 Å². The highest BCUT2D eigenvalue weighted by atomic mass is 16.6. The first kappa shape index (κ1) is 23.7. The number of para-hydroxylation sites is 2. The molecule has 3 atom stereocenters. The van der Waals surface area contributed by atoms with E-state index in [4.69, 9.17) is 18.6 Å². The van der Waals surface area contributed by atoms with Crippen molar-refractivity contribution in [3.8, 4) is 11.5 Å². The predicted octanol–water partition coefficient (Wildman–Crippen LogP) is 3.93. The fourth-order valence-corrected chi connectivity index (χ4v) is 5.21. The van der Waals surface area contributed by atoms with E-state index in [0.717, 1.165) is 38.5 Å². The molecule has 2 fully saturated rings. The Balaban J connectivity index is 1.43. The molecular formula is C27H34N2O6. The van der Waals surface area contributed by atoms with E-state index in [1.165, 1.54) is 6.42 Å². The van der Waals surface area contributed by atoms with Gasteiger partial charge in [0.15, 0.2) is 17.5 Å². The number of rotatable bonds is 7. The highest BCUT2D eigenvalue weighted by Crippen LogP contribution is 2.33. The minimum Gasteiger partial charge on any atom is -0.485 e. The van der Waals surface area contributed by atoms with Crippen LogP contribution in [-0.2, 0) is 14.3 Å². The van der Waals surface area contributed by atoms with Gasteiger partial charge in [0.2, 0.25) is 6.10 Å². The summed E-state index contributed by atoms with van der Waals surface area (Å²) in [6.45, 7) is 2.84. The molecule has 1 aliphatic carbocycles. The van der Waals surface area contributed by atoms with Gasteiger partial charge in [-0.1, -0.05) is 31.4 Å². The number of nitrogens with zero attached hydrogens (tertiary/aromatic N) is 1. The van der Waals surface area contributed by atoms with Gasteiger partial charge in [-0.25, -0.2) is 0 Å². The summed E-state index contributed by atoms with van der Waals surface area (Å²) >= 11 is 0. The average Bonchev–Trinajstić information content (AvgIpc) is 3.55. The number of hydrogen-bond donors (Lipinski definition) is 1. The second kappa shape index (κ2) is 10.7. The summed E-state index contributed by atoms with van der Waals surface area (Å²) in [6.07, 6.45) is 6.05. The van der Waals surface area contributed by atoms with E-state index in [-0.39, 0.29) is 37.1 Å². The molecule has 1 aromatic carbocycles. The molecule has 8 heteroatoms. The van der Waals surface area contributed by atoms with Crippen molar-refractivity contribution >= 4 is 11.8 Å². The van der Waals surface area contributed by atoms with E-state index >= 15 is 0 Å². The Morgan fingerprint density at radius 1 is 1.03 bits per heavy atom. The molecule has 0 bridgehead atoms. The van der Waals surface area contributed by atoms with Crippen LogP contribution in [0.1, 0.15) is 62.5 Å². The molecule has 0 radical (unpaired) electrons. The smallest absolute Gasteiger partial charge is 0.268 e. The summed E-state index contributed by atoms with van der Waals surface area (Å²) in [7, 11) is 0. The van der Waals surface area contributed by atoms with Gasteiger partial charge >= 0.3 is 0 Å². The first-order valence-electron chi connectivity index (χ1n) is 12.8. The molecule has 35 heavy (non-hydrogen) atoms. The number of aryl methyl sites for hydroxylation is 1. The van der Waals surface area contributed by atoms with E-state index in [1.807, 2.05) is 31.2 Å². The highest BCUT2D eigenvalue weighted by molar-refractivity contribution is 5.90. The lowest BCUT2D eigenvalue weighted by atomic mass is 9.95. The van der Waals surface area contributed by atoms with Crippen molar-refractivity contribution in [3.63, 3.8) is 0 Å². The standard InChI is InChI=1S/C27H34N2O6/c1-18-13-14-23(34-18)25(26(30)28-19-8-3-2-4-9-19)29(16-20-10-7-15-32-20)27(31)24-17-33-21-11-5-6-12-22(21)35-24/h5-6,11-14,19-20,24-25H,2-4,7-10,15-17H2,1H3,(H,28,30)/t20-,24-,25+/m0/s1. The van der Waals surface area contributed by atoms with E-state index in [0.29, 0.717) is 29.6 Å². The minimum atomic E-state index is -0.914. The van der Waals surface area contributed by atoms with Crippen LogP contribution in [0.4, 0.5) is 0 Å². The Morgan fingerprint density at radius 3 is 2.54 bits per heavy atom. The number of carbonyl (C=O) groups excluding carboxylic acids is 2. The third-order valence-corrected chi connectivity index (χ3v) is 7.03. The lowest BCUT2D eigenvalue weighted by Gasteiger charge is -2.36. The van der Waals surface area contributed by atoms with Gasteiger partial charge in [0.05, 0.1) is 6.10 Å². The van der Waals surface area contributed by atoms with Crippen molar-refractivity contribution in [2.45, 2.75) is 76.2 Å². The Labute approximate surface area is 205 Å². The summed E-state index contributed by atoms with van der Waals surface area (Å²) in [5.74, 6) is 1.72. The maximum atomic E-state index is 14.0. The number of carbonyl (C=O) groups is 2. The topological polar surface area (TPSA) is 90.2 Å². The molecule has 3 heterocycles. The molecule has 0 spiro atoms. The second-order valence-corrected chi connectivity index (χ2v) is 9.68. The molecular weight excluding hydrogens is 448 g/mol. The molecule has 1 aromatic heterocycles. The van der Waals surface area contributed by atoms with Gasteiger partial charge in [-0.15, -0.1) is 0 Å². The van der Waals surface area contributed by atoms with Crippen LogP contribution in [0.15, 0.2) is 40.8 Å². The summed E-state index contributed by atoms with van der Waals surface area (Å²) in [4.78, 5) is 29.3. The van der Waals surface area contributed by atoms with Crippen molar-refractivity contribution in [1.29, 1.82) is 0 Å². The van der Waals surface area contributed by atoms with Crippen LogP contribution in [0.3, 0.4) is 0 Å².